The summed E-state index contributed by atoms with van der Waals surface area (Å²) in [6.07, 6.45) is 6.02. The van der Waals surface area contributed by atoms with E-state index in [0.29, 0.717) is 12.4 Å². The molecular formula is C14H20N2O3S. The second-order valence-electron chi connectivity index (χ2n) is 4.24. The smallest absolute Gasteiger partial charge is 0.243 e. The molecule has 0 bridgehead atoms. The van der Waals surface area contributed by atoms with Gasteiger partial charge in [0.2, 0.25) is 10.0 Å². The van der Waals surface area contributed by atoms with E-state index in [0.717, 1.165) is 17.3 Å². The molecule has 0 spiro atoms. The fourth-order valence-corrected chi connectivity index (χ4v) is 2.62. The number of nitrogens with one attached hydrogen (secondary N) is 1. The third-order valence-corrected chi connectivity index (χ3v) is 4.50. The van der Waals surface area contributed by atoms with Crippen LogP contribution in [0.15, 0.2) is 29.2 Å². The van der Waals surface area contributed by atoms with Gasteiger partial charge in [0.25, 0.3) is 0 Å². The molecule has 0 aromatic heterocycles. The molecule has 1 rings (SSSR count). The van der Waals surface area contributed by atoms with Crippen LogP contribution in [0.1, 0.15) is 6.42 Å². The summed E-state index contributed by atoms with van der Waals surface area (Å²) < 4.78 is 30.9. The maximum atomic E-state index is 12.1. The van der Waals surface area contributed by atoms with Gasteiger partial charge in [-0.3, -0.25) is 0 Å². The van der Waals surface area contributed by atoms with Gasteiger partial charge in [0, 0.05) is 7.05 Å². The topological polar surface area (TPSA) is 58.6 Å². The Labute approximate surface area is 121 Å². The Balaban J connectivity index is 2.69. The Morgan fingerprint density at radius 2 is 2.00 bits per heavy atom. The average Bonchev–Trinajstić information content (AvgIpc) is 2.44. The first-order valence-electron chi connectivity index (χ1n) is 6.29. The Bertz CT molecular complexity index is 547. The van der Waals surface area contributed by atoms with Crippen molar-refractivity contribution in [2.75, 3.05) is 33.8 Å². The number of terminal acetylenes is 1. The van der Waals surface area contributed by atoms with Gasteiger partial charge in [-0.25, -0.2) is 8.42 Å². The lowest BCUT2D eigenvalue weighted by Gasteiger charge is -2.14. The van der Waals surface area contributed by atoms with Gasteiger partial charge in [0.05, 0.1) is 18.0 Å². The molecule has 1 N–H and O–H groups in total. The Kier molecular flexibility index (Phi) is 6.52. The maximum absolute atomic E-state index is 12.1. The van der Waals surface area contributed by atoms with Crippen LogP contribution in [0.5, 0.6) is 5.75 Å². The fraction of sp³-hybridized carbons (Fsp3) is 0.429. The number of rotatable bonds is 8. The molecule has 0 aliphatic heterocycles. The number of hydrogen-bond acceptors (Lipinski definition) is 4. The maximum Gasteiger partial charge on any atom is 0.243 e. The van der Waals surface area contributed by atoms with E-state index in [1.165, 1.54) is 19.2 Å². The second-order valence-corrected chi connectivity index (χ2v) is 6.29. The van der Waals surface area contributed by atoms with Crippen molar-refractivity contribution in [1.29, 1.82) is 0 Å². The monoisotopic (exact) mass is 296 g/mol. The van der Waals surface area contributed by atoms with E-state index in [4.69, 9.17) is 11.2 Å². The van der Waals surface area contributed by atoms with E-state index >= 15 is 0 Å². The molecule has 20 heavy (non-hydrogen) atoms. The van der Waals surface area contributed by atoms with Crippen molar-refractivity contribution in [2.24, 2.45) is 0 Å². The van der Waals surface area contributed by atoms with Gasteiger partial charge in [-0.2, -0.15) is 4.31 Å². The molecule has 0 saturated heterocycles. The highest BCUT2D eigenvalue weighted by Gasteiger charge is 2.19. The zero-order valence-electron chi connectivity index (χ0n) is 11.8. The van der Waals surface area contributed by atoms with Crippen molar-refractivity contribution >= 4 is 10.0 Å². The lowest BCUT2D eigenvalue weighted by atomic mass is 10.3. The van der Waals surface area contributed by atoms with Gasteiger partial charge in [-0.05, 0) is 44.3 Å². The third kappa shape index (κ3) is 4.53. The van der Waals surface area contributed by atoms with Crippen molar-refractivity contribution < 1.29 is 13.2 Å². The highest BCUT2D eigenvalue weighted by atomic mass is 32.2. The summed E-state index contributed by atoms with van der Waals surface area (Å²) in [6.45, 7) is 1.51. The molecule has 5 nitrogen and oxygen atoms in total. The van der Waals surface area contributed by atoms with Crippen LogP contribution in [0.2, 0.25) is 0 Å². The molecule has 0 aliphatic rings. The first-order chi connectivity index (χ1) is 9.52. The van der Waals surface area contributed by atoms with Crippen molar-refractivity contribution in [1.82, 2.24) is 9.62 Å². The molecule has 0 heterocycles. The van der Waals surface area contributed by atoms with Crippen LogP contribution in [0.4, 0.5) is 0 Å². The van der Waals surface area contributed by atoms with Crippen molar-refractivity contribution in [3.05, 3.63) is 24.3 Å². The normalized spacial score (nSPS) is 11.3. The minimum Gasteiger partial charge on any atom is -0.494 e. The van der Waals surface area contributed by atoms with E-state index in [2.05, 4.69) is 11.2 Å². The van der Waals surface area contributed by atoms with Crippen LogP contribution in [-0.2, 0) is 10.0 Å². The standard InChI is InChI=1S/C14H20N2O3S/c1-4-11-16(3)20(17,18)14-8-6-13(7-9-14)19-12-5-10-15-2/h1,6-9,15H,5,10-12H2,2-3H3. The molecule has 6 heteroatoms. The molecule has 0 amide bonds. The molecule has 1 aromatic carbocycles. The summed E-state index contributed by atoms with van der Waals surface area (Å²) in [6, 6.07) is 6.34. The van der Waals surface area contributed by atoms with Gasteiger partial charge < -0.3 is 10.1 Å². The summed E-state index contributed by atoms with van der Waals surface area (Å²) >= 11 is 0. The fourth-order valence-electron chi connectivity index (χ4n) is 1.54. The lowest BCUT2D eigenvalue weighted by molar-refractivity contribution is 0.309. The van der Waals surface area contributed by atoms with Gasteiger partial charge in [-0.15, -0.1) is 6.42 Å². The predicted octanol–water partition coefficient (Wildman–Crippen LogP) is 0.929. The van der Waals surface area contributed by atoms with E-state index in [1.54, 1.807) is 12.1 Å². The number of hydrogen-bond donors (Lipinski definition) is 1. The van der Waals surface area contributed by atoms with Crippen LogP contribution in [-0.4, -0.2) is 46.5 Å². The zero-order chi connectivity index (χ0) is 15.0. The SMILES string of the molecule is C#CCN(C)S(=O)(=O)c1ccc(OCCCNC)cc1. The summed E-state index contributed by atoms with van der Waals surface area (Å²) in [5.74, 6) is 2.96. The number of nitrogens with zero attached hydrogens (tertiary/aromatic N) is 1. The number of ether oxygens (including phenoxy) is 1. The van der Waals surface area contributed by atoms with Crippen molar-refractivity contribution in [2.45, 2.75) is 11.3 Å². The molecule has 0 unspecified atom stereocenters. The molecule has 0 fully saturated rings. The molecule has 110 valence electrons. The van der Waals surface area contributed by atoms with Gasteiger partial charge in [-0.1, -0.05) is 5.92 Å². The molecular weight excluding hydrogens is 276 g/mol. The zero-order valence-corrected chi connectivity index (χ0v) is 12.6. The minimum absolute atomic E-state index is 0.0462. The summed E-state index contributed by atoms with van der Waals surface area (Å²) in [5.41, 5.74) is 0. The minimum atomic E-state index is -3.52. The number of benzene rings is 1. The molecule has 0 saturated carbocycles. The Morgan fingerprint density at radius 1 is 1.35 bits per heavy atom. The highest BCUT2D eigenvalue weighted by molar-refractivity contribution is 7.89. The molecule has 0 atom stereocenters. The summed E-state index contributed by atoms with van der Waals surface area (Å²) in [7, 11) is -0.185. The quantitative estimate of drug-likeness (QED) is 0.573. The Morgan fingerprint density at radius 3 is 2.55 bits per heavy atom. The van der Waals surface area contributed by atoms with E-state index in [1.807, 2.05) is 7.05 Å². The number of sulfonamides is 1. The highest BCUT2D eigenvalue weighted by Crippen LogP contribution is 2.18. The van der Waals surface area contributed by atoms with Gasteiger partial charge in [0.1, 0.15) is 5.75 Å². The van der Waals surface area contributed by atoms with Crippen LogP contribution >= 0.6 is 0 Å². The first-order valence-corrected chi connectivity index (χ1v) is 7.73. The van der Waals surface area contributed by atoms with E-state index in [-0.39, 0.29) is 11.4 Å². The lowest BCUT2D eigenvalue weighted by Crippen LogP contribution is -2.27. The third-order valence-electron chi connectivity index (χ3n) is 2.69. The molecule has 0 radical (unpaired) electrons. The molecule has 0 aliphatic carbocycles. The van der Waals surface area contributed by atoms with Crippen LogP contribution < -0.4 is 10.1 Å². The summed E-state index contributed by atoms with van der Waals surface area (Å²) in [4.78, 5) is 0.206. The van der Waals surface area contributed by atoms with E-state index < -0.39 is 10.0 Å². The van der Waals surface area contributed by atoms with Crippen LogP contribution in [0, 0.1) is 12.3 Å². The van der Waals surface area contributed by atoms with Crippen LogP contribution in [0.3, 0.4) is 0 Å². The van der Waals surface area contributed by atoms with Gasteiger partial charge in [0.15, 0.2) is 0 Å². The Hall–Kier alpha value is -1.55. The summed E-state index contributed by atoms with van der Waals surface area (Å²) in [5, 5.41) is 3.03. The van der Waals surface area contributed by atoms with Gasteiger partial charge >= 0.3 is 0 Å². The average molecular weight is 296 g/mol. The molecule has 1 aromatic rings. The predicted molar refractivity (Wildman–Crippen MR) is 79.1 cm³/mol. The van der Waals surface area contributed by atoms with Crippen molar-refractivity contribution in [3.8, 4) is 18.1 Å². The van der Waals surface area contributed by atoms with Crippen LogP contribution in [0.25, 0.3) is 0 Å². The largest absolute Gasteiger partial charge is 0.494 e. The van der Waals surface area contributed by atoms with E-state index in [9.17, 15) is 8.42 Å². The van der Waals surface area contributed by atoms with Crippen molar-refractivity contribution in [3.63, 3.8) is 0 Å². The first kappa shape index (κ1) is 16.5. The second kappa shape index (κ2) is 7.90.